The average Bonchev–Trinajstić information content (AvgIpc) is 3.30. The minimum absolute atomic E-state index is 0.160. The van der Waals surface area contributed by atoms with Crippen molar-refractivity contribution in [1.82, 2.24) is 4.90 Å². The van der Waals surface area contributed by atoms with Crippen LogP contribution in [0, 0.1) is 5.92 Å². The third-order valence-corrected chi connectivity index (χ3v) is 3.87. The van der Waals surface area contributed by atoms with E-state index >= 15 is 0 Å². The lowest BCUT2D eigenvalue weighted by molar-refractivity contribution is -0.0101. The molecule has 4 nitrogen and oxygen atoms in total. The van der Waals surface area contributed by atoms with Crippen molar-refractivity contribution in [3.05, 3.63) is 29.8 Å². The molecule has 22 heavy (non-hydrogen) atoms. The number of methoxy groups -OCH3 is 1. The van der Waals surface area contributed by atoms with E-state index in [1.807, 2.05) is 26.0 Å². The van der Waals surface area contributed by atoms with Crippen molar-refractivity contribution in [3.8, 4) is 5.75 Å². The Balaban J connectivity index is 1.87. The van der Waals surface area contributed by atoms with Crippen LogP contribution in [0.15, 0.2) is 24.3 Å². The van der Waals surface area contributed by atoms with E-state index in [0.29, 0.717) is 13.2 Å². The number of aliphatic hydroxyl groups is 1. The molecule has 124 valence electrons. The van der Waals surface area contributed by atoms with Gasteiger partial charge in [0.25, 0.3) is 0 Å². The van der Waals surface area contributed by atoms with Gasteiger partial charge in [0.2, 0.25) is 0 Å². The summed E-state index contributed by atoms with van der Waals surface area (Å²) in [5, 5.41) is 10.2. The molecule has 0 bridgehead atoms. The molecule has 0 radical (unpaired) electrons. The van der Waals surface area contributed by atoms with Gasteiger partial charge in [-0.25, -0.2) is 0 Å². The number of nitrogens with zero attached hydrogens (tertiary/aromatic N) is 1. The van der Waals surface area contributed by atoms with E-state index in [1.165, 1.54) is 18.4 Å². The Morgan fingerprint density at radius 1 is 1.23 bits per heavy atom. The zero-order valence-corrected chi connectivity index (χ0v) is 14.0. The highest BCUT2D eigenvalue weighted by molar-refractivity contribution is 5.27. The molecule has 1 aromatic rings. The van der Waals surface area contributed by atoms with Gasteiger partial charge >= 0.3 is 0 Å². The second-order valence-electron chi connectivity index (χ2n) is 6.52. The summed E-state index contributed by atoms with van der Waals surface area (Å²) in [5.74, 6) is 1.68. The predicted octanol–water partition coefficient (Wildman–Crippen LogP) is 2.69. The van der Waals surface area contributed by atoms with Crippen LogP contribution in [-0.2, 0) is 11.3 Å². The minimum Gasteiger partial charge on any atom is -0.497 e. The van der Waals surface area contributed by atoms with E-state index in [2.05, 4.69) is 17.0 Å². The molecule has 1 aliphatic rings. The van der Waals surface area contributed by atoms with Crippen molar-refractivity contribution in [2.75, 3.05) is 26.8 Å². The molecule has 0 aromatic heterocycles. The van der Waals surface area contributed by atoms with E-state index in [0.717, 1.165) is 24.8 Å². The van der Waals surface area contributed by atoms with Crippen molar-refractivity contribution < 1.29 is 14.6 Å². The molecule has 1 aromatic carbocycles. The fourth-order valence-corrected chi connectivity index (χ4v) is 2.51. The Morgan fingerprint density at radius 3 is 2.45 bits per heavy atom. The molecule has 1 unspecified atom stereocenters. The molecule has 0 saturated heterocycles. The second kappa shape index (κ2) is 8.51. The van der Waals surface area contributed by atoms with Gasteiger partial charge in [0.1, 0.15) is 5.75 Å². The van der Waals surface area contributed by atoms with Crippen LogP contribution in [-0.4, -0.2) is 49.0 Å². The Morgan fingerprint density at radius 2 is 1.91 bits per heavy atom. The maximum absolute atomic E-state index is 10.2. The lowest BCUT2D eigenvalue weighted by Crippen LogP contribution is -2.36. The highest BCUT2D eigenvalue weighted by Gasteiger charge is 2.25. The topological polar surface area (TPSA) is 41.9 Å². The van der Waals surface area contributed by atoms with Crippen LogP contribution in [0.4, 0.5) is 0 Å². The van der Waals surface area contributed by atoms with Crippen molar-refractivity contribution >= 4 is 0 Å². The summed E-state index contributed by atoms with van der Waals surface area (Å²) in [4.78, 5) is 2.34. The zero-order chi connectivity index (χ0) is 15.9. The summed E-state index contributed by atoms with van der Waals surface area (Å²) in [7, 11) is 1.68. The van der Waals surface area contributed by atoms with Gasteiger partial charge < -0.3 is 14.6 Å². The van der Waals surface area contributed by atoms with Crippen LogP contribution < -0.4 is 4.74 Å². The Hall–Kier alpha value is -1.10. The lowest BCUT2D eigenvalue weighted by atomic mass is 10.2. The van der Waals surface area contributed by atoms with Crippen molar-refractivity contribution in [2.24, 2.45) is 5.92 Å². The number of ether oxygens (including phenoxy) is 2. The van der Waals surface area contributed by atoms with Gasteiger partial charge in [0.05, 0.1) is 25.9 Å². The van der Waals surface area contributed by atoms with Crippen LogP contribution in [0.25, 0.3) is 0 Å². The van der Waals surface area contributed by atoms with Crippen molar-refractivity contribution in [2.45, 2.75) is 45.4 Å². The summed E-state index contributed by atoms with van der Waals surface area (Å²) in [6.45, 7) is 6.97. The molecular weight excluding hydrogens is 278 g/mol. The SMILES string of the molecule is COc1ccc(CN(CC(O)COC(C)C)CC2CC2)cc1. The van der Waals surface area contributed by atoms with Crippen LogP contribution in [0.3, 0.4) is 0 Å². The molecule has 0 aliphatic heterocycles. The van der Waals surface area contributed by atoms with Crippen LogP contribution in [0.5, 0.6) is 5.75 Å². The van der Waals surface area contributed by atoms with Gasteiger partial charge in [-0.3, -0.25) is 4.90 Å². The Labute approximate surface area is 134 Å². The molecule has 1 saturated carbocycles. The smallest absolute Gasteiger partial charge is 0.118 e. The highest BCUT2D eigenvalue weighted by atomic mass is 16.5. The Bertz CT molecular complexity index is 428. The predicted molar refractivity (Wildman–Crippen MR) is 88.1 cm³/mol. The van der Waals surface area contributed by atoms with E-state index < -0.39 is 6.10 Å². The van der Waals surface area contributed by atoms with Crippen molar-refractivity contribution in [1.29, 1.82) is 0 Å². The van der Waals surface area contributed by atoms with Crippen LogP contribution in [0.1, 0.15) is 32.3 Å². The minimum atomic E-state index is -0.431. The number of benzene rings is 1. The number of aliphatic hydroxyl groups excluding tert-OH is 1. The van der Waals surface area contributed by atoms with Gasteiger partial charge in [0, 0.05) is 19.6 Å². The van der Waals surface area contributed by atoms with Crippen molar-refractivity contribution in [3.63, 3.8) is 0 Å². The van der Waals surface area contributed by atoms with Crippen LogP contribution in [0.2, 0.25) is 0 Å². The molecule has 2 rings (SSSR count). The summed E-state index contributed by atoms with van der Waals surface area (Å²) >= 11 is 0. The van der Waals surface area contributed by atoms with E-state index in [-0.39, 0.29) is 6.10 Å². The number of hydrogen-bond donors (Lipinski definition) is 1. The molecule has 0 amide bonds. The summed E-state index contributed by atoms with van der Waals surface area (Å²) < 4.78 is 10.7. The summed E-state index contributed by atoms with van der Waals surface area (Å²) in [5.41, 5.74) is 1.25. The highest BCUT2D eigenvalue weighted by Crippen LogP contribution is 2.30. The number of rotatable bonds is 10. The maximum Gasteiger partial charge on any atom is 0.118 e. The molecule has 0 heterocycles. The third kappa shape index (κ3) is 6.34. The molecule has 1 atom stereocenters. The van der Waals surface area contributed by atoms with Crippen LogP contribution >= 0.6 is 0 Å². The molecule has 1 aliphatic carbocycles. The van der Waals surface area contributed by atoms with Gasteiger partial charge in [0.15, 0.2) is 0 Å². The fraction of sp³-hybridized carbons (Fsp3) is 0.667. The molecule has 1 N–H and O–H groups in total. The second-order valence-corrected chi connectivity index (χ2v) is 6.52. The Kier molecular flexibility index (Phi) is 6.68. The van der Waals surface area contributed by atoms with E-state index in [9.17, 15) is 5.11 Å². The molecule has 0 spiro atoms. The molecule has 4 heteroatoms. The molecule has 1 fully saturated rings. The van der Waals surface area contributed by atoms with Gasteiger partial charge in [-0.15, -0.1) is 0 Å². The van der Waals surface area contributed by atoms with Gasteiger partial charge in [-0.2, -0.15) is 0 Å². The molecular formula is C18H29NO3. The first-order chi connectivity index (χ1) is 10.6. The van der Waals surface area contributed by atoms with Gasteiger partial charge in [-0.1, -0.05) is 12.1 Å². The first-order valence-electron chi connectivity index (χ1n) is 8.21. The normalized spacial score (nSPS) is 16.3. The summed E-state index contributed by atoms with van der Waals surface area (Å²) in [6.07, 6.45) is 2.36. The largest absolute Gasteiger partial charge is 0.497 e. The third-order valence-electron chi connectivity index (χ3n) is 3.87. The quantitative estimate of drug-likeness (QED) is 0.721. The lowest BCUT2D eigenvalue weighted by Gasteiger charge is -2.25. The monoisotopic (exact) mass is 307 g/mol. The first-order valence-corrected chi connectivity index (χ1v) is 8.21. The maximum atomic E-state index is 10.2. The average molecular weight is 307 g/mol. The van der Waals surface area contributed by atoms with Gasteiger partial charge in [-0.05, 0) is 50.3 Å². The summed E-state index contributed by atoms with van der Waals surface area (Å²) in [6, 6.07) is 8.16. The standard InChI is InChI=1S/C18H29NO3/c1-14(2)22-13-17(20)12-19(10-15-4-5-15)11-16-6-8-18(21-3)9-7-16/h6-9,14-15,17,20H,4-5,10-13H2,1-3H3. The van der Waals surface area contributed by atoms with E-state index in [4.69, 9.17) is 9.47 Å². The van der Waals surface area contributed by atoms with E-state index in [1.54, 1.807) is 7.11 Å². The first kappa shape index (κ1) is 17.3. The number of hydrogen-bond acceptors (Lipinski definition) is 4. The zero-order valence-electron chi connectivity index (χ0n) is 14.0. The fourth-order valence-electron chi connectivity index (χ4n) is 2.51.